The van der Waals surface area contributed by atoms with Crippen LogP contribution in [0.2, 0.25) is 0 Å². The van der Waals surface area contributed by atoms with Gasteiger partial charge in [-0.15, -0.1) is 0 Å². The fourth-order valence-corrected chi connectivity index (χ4v) is 3.67. The summed E-state index contributed by atoms with van der Waals surface area (Å²) in [5.41, 5.74) is 1.51. The lowest BCUT2D eigenvalue weighted by atomic mass is 9.91. The van der Waals surface area contributed by atoms with Crippen LogP contribution in [0.4, 0.5) is 17.6 Å². The molecule has 142 valence electrons. The Bertz CT molecular complexity index is 674. The maximum absolute atomic E-state index is 13.4. The number of halogens is 4. The van der Waals surface area contributed by atoms with Crippen LogP contribution in [0.15, 0.2) is 29.3 Å². The van der Waals surface area contributed by atoms with Gasteiger partial charge < -0.3 is 4.90 Å². The molecule has 2 aliphatic heterocycles. The number of alkyl halides is 4. The third kappa shape index (κ3) is 3.75. The van der Waals surface area contributed by atoms with Gasteiger partial charge in [0.1, 0.15) is 0 Å². The summed E-state index contributed by atoms with van der Waals surface area (Å²) in [5.74, 6) is -0.618. The first kappa shape index (κ1) is 18.8. The summed E-state index contributed by atoms with van der Waals surface area (Å²) >= 11 is 0. The van der Waals surface area contributed by atoms with E-state index in [9.17, 15) is 22.4 Å². The standard InChI is InChI=1S/C18H21F4N3O/c1-24-16(14(9-19)10-23-17(24)18(20,21)22)13-6-4-12(5-7-13)11-25-8-2-3-15(25)26/h4-7,10,14,16-17H,2-3,8-9,11H2,1H3. The number of hydrogen-bond donors (Lipinski definition) is 0. The van der Waals surface area contributed by atoms with Gasteiger partial charge in [-0.2, -0.15) is 13.2 Å². The predicted molar refractivity (Wildman–Crippen MR) is 89.4 cm³/mol. The van der Waals surface area contributed by atoms with Crippen molar-refractivity contribution in [3.8, 4) is 0 Å². The summed E-state index contributed by atoms with van der Waals surface area (Å²) in [4.78, 5) is 18.0. The molecule has 0 radical (unpaired) electrons. The van der Waals surface area contributed by atoms with Crippen LogP contribution in [0.5, 0.6) is 0 Å². The maximum atomic E-state index is 13.4. The van der Waals surface area contributed by atoms with E-state index in [4.69, 9.17) is 0 Å². The van der Waals surface area contributed by atoms with Crippen LogP contribution in [0.3, 0.4) is 0 Å². The summed E-state index contributed by atoms with van der Waals surface area (Å²) in [7, 11) is 1.32. The Balaban J connectivity index is 1.80. The minimum atomic E-state index is -4.51. The molecule has 8 heteroatoms. The summed E-state index contributed by atoms with van der Waals surface area (Å²) in [5, 5.41) is 0. The molecule has 0 saturated carbocycles. The van der Waals surface area contributed by atoms with Crippen molar-refractivity contribution in [3.05, 3.63) is 35.4 Å². The Kier molecular flexibility index (Phi) is 5.32. The highest BCUT2D eigenvalue weighted by molar-refractivity contribution is 5.78. The van der Waals surface area contributed by atoms with Gasteiger partial charge in [-0.1, -0.05) is 24.3 Å². The van der Waals surface area contributed by atoms with E-state index in [1.165, 1.54) is 7.05 Å². The smallest absolute Gasteiger partial charge is 0.338 e. The zero-order chi connectivity index (χ0) is 18.9. The van der Waals surface area contributed by atoms with Gasteiger partial charge in [0, 0.05) is 37.7 Å². The van der Waals surface area contributed by atoms with Gasteiger partial charge in [-0.05, 0) is 24.6 Å². The Morgan fingerprint density at radius 1 is 1.23 bits per heavy atom. The lowest BCUT2D eigenvalue weighted by Gasteiger charge is -2.40. The molecule has 1 fully saturated rings. The van der Waals surface area contributed by atoms with Crippen LogP contribution >= 0.6 is 0 Å². The molecule has 0 N–H and O–H groups in total. The summed E-state index contributed by atoms with van der Waals surface area (Å²) < 4.78 is 52.8. The molecular weight excluding hydrogens is 350 g/mol. The number of rotatable bonds is 4. The van der Waals surface area contributed by atoms with Crippen LogP contribution in [0, 0.1) is 5.92 Å². The van der Waals surface area contributed by atoms with Crippen molar-refractivity contribution >= 4 is 12.1 Å². The van der Waals surface area contributed by atoms with E-state index in [0.717, 1.165) is 29.6 Å². The number of benzene rings is 1. The highest BCUT2D eigenvalue weighted by atomic mass is 19.4. The zero-order valence-electron chi connectivity index (χ0n) is 14.4. The van der Waals surface area contributed by atoms with Crippen molar-refractivity contribution in [3.63, 3.8) is 0 Å². The molecule has 4 nitrogen and oxygen atoms in total. The Morgan fingerprint density at radius 3 is 2.46 bits per heavy atom. The van der Waals surface area contributed by atoms with Crippen molar-refractivity contribution < 1.29 is 22.4 Å². The number of carbonyl (C=O) groups excluding carboxylic acids is 1. The minimum Gasteiger partial charge on any atom is -0.338 e. The predicted octanol–water partition coefficient (Wildman–Crippen LogP) is 3.34. The molecule has 2 heterocycles. The van der Waals surface area contributed by atoms with Crippen LogP contribution in [-0.2, 0) is 11.3 Å². The van der Waals surface area contributed by atoms with Crippen LogP contribution in [-0.4, -0.2) is 54.5 Å². The van der Waals surface area contributed by atoms with E-state index in [-0.39, 0.29) is 5.91 Å². The van der Waals surface area contributed by atoms with E-state index in [2.05, 4.69) is 4.99 Å². The average Bonchev–Trinajstić information content (AvgIpc) is 2.99. The quantitative estimate of drug-likeness (QED) is 0.761. The average molecular weight is 371 g/mol. The first-order valence-corrected chi connectivity index (χ1v) is 8.56. The molecule has 1 aromatic rings. The number of hydrogen-bond acceptors (Lipinski definition) is 3. The highest BCUT2D eigenvalue weighted by Crippen LogP contribution is 2.38. The molecule has 3 atom stereocenters. The third-order valence-corrected chi connectivity index (χ3v) is 4.99. The van der Waals surface area contributed by atoms with Crippen molar-refractivity contribution in [2.75, 3.05) is 20.3 Å². The molecule has 3 unspecified atom stereocenters. The maximum Gasteiger partial charge on any atom is 0.424 e. The first-order valence-electron chi connectivity index (χ1n) is 8.56. The van der Waals surface area contributed by atoms with Crippen molar-refractivity contribution in [1.29, 1.82) is 0 Å². The van der Waals surface area contributed by atoms with Crippen LogP contribution < -0.4 is 0 Å². The SMILES string of the molecule is CN1C(c2ccc(CN3CCCC3=O)cc2)C(CF)C=NC1C(F)(F)F. The molecule has 2 aliphatic rings. The second-order valence-corrected chi connectivity index (χ2v) is 6.80. The van der Waals surface area contributed by atoms with Crippen molar-refractivity contribution in [2.24, 2.45) is 10.9 Å². The first-order chi connectivity index (χ1) is 12.3. The zero-order valence-corrected chi connectivity index (χ0v) is 14.4. The number of amides is 1. The minimum absolute atomic E-state index is 0.114. The monoisotopic (exact) mass is 371 g/mol. The molecule has 1 amide bonds. The van der Waals surface area contributed by atoms with Gasteiger partial charge in [0.15, 0.2) is 6.17 Å². The van der Waals surface area contributed by atoms with Crippen LogP contribution in [0.1, 0.15) is 30.0 Å². The van der Waals surface area contributed by atoms with Gasteiger partial charge >= 0.3 is 6.18 Å². The normalized spacial score (nSPS) is 27.3. The molecule has 0 aromatic heterocycles. The van der Waals surface area contributed by atoms with Gasteiger partial charge in [0.2, 0.25) is 5.91 Å². The lowest BCUT2D eigenvalue weighted by Crippen LogP contribution is -2.49. The van der Waals surface area contributed by atoms with Gasteiger partial charge in [-0.25, -0.2) is 0 Å². The molecule has 26 heavy (non-hydrogen) atoms. The highest BCUT2D eigenvalue weighted by Gasteiger charge is 2.48. The number of likely N-dealkylation sites (tertiary alicyclic amines) is 1. The topological polar surface area (TPSA) is 35.9 Å². The number of nitrogens with zero attached hydrogens (tertiary/aromatic N) is 3. The van der Waals surface area contributed by atoms with E-state index >= 15 is 0 Å². The Morgan fingerprint density at radius 2 is 1.92 bits per heavy atom. The van der Waals surface area contributed by atoms with Crippen LogP contribution in [0.25, 0.3) is 0 Å². The van der Waals surface area contributed by atoms with Gasteiger partial charge in [-0.3, -0.25) is 19.1 Å². The second kappa shape index (κ2) is 7.34. The van der Waals surface area contributed by atoms with E-state index < -0.39 is 31.0 Å². The lowest BCUT2D eigenvalue weighted by molar-refractivity contribution is -0.187. The summed E-state index contributed by atoms with van der Waals surface area (Å²) in [6.45, 7) is 0.422. The van der Waals surface area contributed by atoms with Crippen molar-refractivity contribution in [2.45, 2.75) is 37.8 Å². The summed E-state index contributed by atoms with van der Waals surface area (Å²) in [6, 6.07) is 6.27. The van der Waals surface area contributed by atoms with Crippen molar-refractivity contribution in [1.82, 2.24) is 9.80 Å². The molecule has 0 bridgehead atoms. The second-order valence-electron chi connectivity index (χ2n) is 6.80. The van der Waals surface area contributed by atoms with E-state index in [1.54, 1.807) is 29.2 Å². The Hall–Kier alpha value is -1.96. The molecule has 3 rings (SSSR count). The molecule has 0 spiro atoms. The van der Waals surface area contributed by atoms with Gasteiger partial charge in [0.05, 0.1) is 6.67 Å². The Labute approximate surface area is 149 Å². The largest absolute Gasteiger partial charge is 0.424 e. The molecule has 0 aliphatic carbocycles. The molecular formula is C18H21F4N3O. The third-order valence-electron chi connectivity index (χ3n) is 4.99. The number of carbonyl (C=O) groups is 1. The fourth-order valence-electron chi connectivity index (χ4n) is 3.67. The van der Waals surface area contributed by atoms with E-state index in [1.807, 2.05) is 0 Å². The molecule has 1 saturated heterocycles. The van der Waals surface area contributed by atoms with Gasteiger partial charge in [0.25, 0.3) is 0 Å². The number of aliphatic imine (C=N–C) groups is 1. The summed E-state index contributed by atoms with van der Waals surface area (Å²) in [6.07, 6.45) is -4.00. The molecule has 1 aromatic carbocycles. The fraction of sp³-hybridized carbons (Fsp3) is 0.556. The van der Waals surface area contributed by atoms with E-state index in [0.29, 0.717) is 18.5 Å².